The van der Waals surface area contributed by atoms with E-state index in [2.05, 4.69) is 44.9 Å². The quantitative estimate of drug-likeness (QED) is 0.266. The van der Waals surface area contributed by atoms with Gasteiger partial charge >= 0.3 is 6.09 Å². The number of hydrogen-bond donors (Lipinski definition) is 2. The van der Waals surface area contributed by atoms with Crippen LogP contribution >= 0.6 is 34.4 Å². The standard InChI is InChI=1S/C21H19N5O3S3/c1-3-29-20(28)24-19-25-26-21(32-19)30-11-17(27)22-14-7-5-13(6-8-14)18-23-15-9-4-12(2)10-16(15)31-18/h4-10H,3,11H2,1-2H3,(H,22,27)(H,24,25,28). The molecule has 11 heteroatoms. The van der Waals surface area contributed by atoms with Crippen molar-refractivity contribution in [2.75, 3.05) is 23.0 Å². The van der Waals surface area contributed by atoms with Gasteiger partial charge in [0, 0.05) is 11.3 Å². The molecule has 0 saturated heterocycles. The first-order valence-electron chi connectivity index (χ1n) is 9.67. The molecule has 2 aromatic carbocycles. The van der Waals surface area contributed by atoms with E-state index in [4.69, 9.17) is 4.74 Å². The van der Waals surface area contributed by atoms with Crippen LogP contribution in [0.4, 0.5) is 15.6 Å². The van der Waals surface area contributed by atoms with E-state index in [0.29, 0.717) is 15.2 Å². The number of nitrogens with zero attached hydrogens (tertiary/aromatic N) is 3. The number of anilines is 2. The molecule has 0 aliphatic carbocycles. The van der Waals surface area contributed by atoms with Gasteiger partial charge in [-0.2, -0.15) is 0 Å². The van der Waals surface area contributed by atoms with Crippen LogP contribution in [0.5, 0.6) is 0 Å². The topological polar surface area (TPSA) is 106 Å². The Hall–Kier alpha value is -3.02. The summed E-state index contributed by atoms with van der Waals surface area (Å²) in [6.07, 6.45) is -0.581. The fourth-order valence-electron chi connectivity index (χ4n) is 2.75. The van der Waals surface area contributed by atoms with Gasteiger partial charge in [-0.25, -0.2) is 9.78 Å². The first-order chi connectivity index (χ1) is 15.5. The zero-order valence-electron chi connectivity index (χ0n) is 17.2. The molecule has 8 nitrogen and oxygen atoms in total. The molecule has 164 valence electrons. The summed E-state index contributed by atoms with van der Waals surface area (Å²) in [6.45, 7) is 4.06. The Kier molecular flexibility index (Phi) is 6.98. The SMILES string of the molecule is CCOC(=O)Nc1nnc(SCC(=O)Nc2ccc(-c3nc4ccc(C)cc4s3)cc2)s1. The fraction of sp³-hybridized carbons (Fsp3) is 0.190. The van der Waals surface area contributed by atoms with Crippen molar-refractivity contribution in [3.63, 3.8) is 0 Å². The van der Waals surface area contributed by atoms with Crippen LogP contribution in [0, 0.1) is 6.92 Å². The maximum Gasteiger partial charge on any atom is 0.413 e. The van der Waals surface area contributed by atoms with Crippen molar-refractivity contribution in [2.24, 2.45) is 0 Å². The van der Waals surface area contributed by atoms with E-state index in [0.717, 1.165) is 20.8 Å². The number of nitrogens with one attached hydrogen (secondary N) is 2. The van der Waals surface area contributed by atoms with Crippen molar-refractivity contribution in [1.82, 2.24) is 15.2 Å². The normalized spacial score (nSPS) is 10.8. The van der Waals surface area contributed by atoms with Gasteiger partial charge in [0.2, 0.25) is 11.0 Å². The molecule has 4 rings (SSSR count). The summed E-state index contributed by atoms with van der Waals surface area (Å²) in [6, 6.07) is 13.9. The van der Waals surface area contributed by atoms with E-state index in [-0.39, 0.29) is 18.3 Å². The molecule has 0 fully saturated rings. The molecule has 0 unspecified atom stereocenters. The van der Waals surface area contributed by atoms with Crippen molar-refractivity contribution >= 4 is 67.5 Å². The highest BCUT2D eigenvalue weighted by atomic mass is 32.2. The number of fused-ring (bicyclic) bond motifs is 1. The zero-order valence-corrected chi connectivity index (χ0v) is 19.7. The molecular formula is C21H19N5O3S3. The fourth-order valence-corrected chi connectivity index (χ4v) is 5.36. The Labute approximate surface area is 196 Å². The Morgan fingerprint density at radius 1 is 1.06 bits per heavy atom. The van der Waals surface area contributed by atoms with Crippen LogP contribution in [0.25, 0.3) is 20.8 Å². The van der Waals surface area contributed by atoms with Crippen molar-refractivity contribution in [1.29, 1.82) is 0 Å². The maximum absolute atomic E-state index is 12.3. The lowest BCUT2D eigenvalue weighted by Crippen LogP contribution is -2.13. The lowest BCUT2D eigenvalue weighted by Gasteiger charge is -2.05. The third-order valence-corrected chi connectivity index (χ3v) is 7.22. The minimum absolute atomic E-state index is 0.159. The minimum Gasteiger partial charge on any atom is -0.450 e. The second-order valence-electron chi connectivity index (χ2n) is 6.62. The van der Waals surface area contributed by atoms with Gasteiger partial charge in [-0.05, 0) is 55.8 Å². The number of thioether (sulfide) groups is 1. The Morgan fingerprint density at radius 2 is 1.88 bits per heavy atom. The van der Waals surface area contributed by atoms with E-state index in [9.17, 15) is 9.59 Å². The van der Waals surface area contributed by atoms with Crippen LogP contribution < -0.4 is 10.6 Å². The number of aromatic nitrogens is 3. The number of rotatable bonds is 7. The van der Waals surface area contributed by atoms with E-state index in [1.165, 1.54) is 28.7 Å². The number of benzene rings is 2. The molecule has 2 heterocycles. The molecule has 4 aromatic rings. The summed E-state index contributed by atoms with van der Waals surface area (Å²) in [5.74, 6) is 0.0147. The molecule has 2 aromatic heterocycles. The van der Waals surface area contributed by atoms with Gasteiger partial charge in [-0.1, -0.05) is 29.2 Å². The number of thiazole rings is 1. The van der Waals surface area contributed by atoms with Crippen LogP contribution in [-0.4, -0.2) is 39.5 Å². The summed E-state index contributed by atoms with van der Waals surface area (Å²) in [5, 5.41) is 14.4. The number of ether oxygens (including phenoxy) is 1. The third kappa shape index (κ3) is 5.61. The number of amides is 2. The highest BCUT2D eigenvalue weighted by molar-refractivity contribution is 8.01. The molecule has 0 aliphatic rings. The van der Waals surface area contributed by atoms with E-state index in [1.54, 1.807) is 18.3 Å². The lowest BCUT2D eigenvalue weighted by molar-refractivity contribution is -0.113. The zero-order chi connectivity index (χ0) is 22.5. The van der Waals surface area contributed by atoms with Crippen molar-refractivity contribution in [3.8, 4) is 10.6 Å². The van der Waals surface area contributed by atoms with Gasteiger partial charge in [0.15, 0.2) is 4.34 Å². The van der Waals surface area contributed by atoms with E-state index >= 15 is 0 Å². The molecule has 2 amide bonds. The predicted octanol–water partition coefficient (Wildman–Crippen LogP) is 5.42. The van der Waals surface area contributed by atoms with Crippen molar-refractivity contribution in [2.45, 2.75) is 18.2 Å². The number of aryl methyl sites for hydroxylation is 1. The molecule has 32 heavy (non-hydrogen) atoms. The molecule has 0 radical (unpaired) electrons. The Balaban J connectivity index is 1.31. The van der Waals surface area contributed by atoms with Crippen molar-refractivity contribution in [3.05, 3.63) is 48.0 Å². The van der Waals surface area contributed by atoms with Gasteiger partial charge in [-0.3, -0.25) is 10.1 Å². The van der Waals surface area contributed by atoms with E-state index < -0.39 is 6.09 Å². The lowest BCUT2D eigenvalue weighted by atomic mass is 10.2. The Morgan fingerprint density at radius 3 is 2.66 bits per heavy atom. The molecule has 0 saturated carbocycles. The first kappa shape index (κ1) is 22.2. The number of carbonyl (C=O) groups excluding carboxylic acids is 2. The van der Waals surface area contributed by atoms with Gasteiger partial charge in [0.05, 0.1) is 22.6 Å². The van der Waals surface area contributed by atoms with Crippen molar-refractivity contribution < 1.29 is 14.3 Å². The number of carbonyl (C=O) groups is 2. The predicted molar refractivity (Wildman–Crippen MR) is 130 cm³/mol. The summed E-state index contributed by atoms with van der Waals surface area (Å²) >= 11 is 4.08. The van der Waals surface area contributed by atoms with Crippen LogP contribution in [0.2, 0.25) is 0 Å². The van der Waals surface area contributed by atoms with Crippen LogP contribution in [0.3, 0.4) is 0 Å². The summed E-state index contributed by atoms with van der Waals surface area (Å²) in [4.78, 5) is 28.4. The third-order valence-electron chi connectivity index (χ3n) is 4.18. The van der Waals surface area contributed by atoms with Gasteiger partial charge in [0.1, 0.15) is 5.01 Å². The molecule has 0 atom stereocenters. The number of hydrogen-bond acceptors (Lipinski definition) is 9. The van der Waals surface area contributed by atoms with Gasteiger partial charge in [0.25, 0.3) is 0 Å². The second kappa shape index (κ2) is 10.1. The average molecular weight is 486 g/mol. The average Bonchev–Trinajstić information content (AvgIpc) is 3.39. The smallest absolute Gasteiger partial charge is 0.413 e. The van der Waals surface area contributed by atoms with Crippen LogP contribution in [-0.2, 0) is 9.53 Å². The van der Waals surface area contributed by atoms with Crippen LogP contribution in [0.15, 0.2) is 46.8 Å². The second-order valence-corrected chi connectivity index (χ2v) is 9.85. The summed E-state index contributed by atoms with van der Waals surface area (Å²) < 4.78 is 6.53. The molecule has 0 spiro atoms. The van der Waals surface area contributed by atoms with Gasteiger partial charge < -0.3 is 10.1 Å². The highest BCUT2D eigenvalue weighted by Crippen LogP contribution is 2.31. The summed E-state index contributed by atoms with van der Waals surface area (Å²) in [5.41, 5.74) is 3.91. The van der Waals surface area contributed by atoms with Crippen LogP contribution in [0.1, 0.15) is 12.5 Å². The molecule has 2 N–H and O–H groups in total. The van der Waals surface area contributed by atoms with E-state index in [1.807, 2.05) is 30.3 Å². The monoisotopic (exact) mass is 485 g/mol. The maximum atomic E-state index is 12.3. The minimum atomic E-state index is -0.581. The van der Waals surface area contributed by atoms with Gasteiger partial charge in [-0.15, -0.1) is 21.5 Å². The molecular weight excluding hydrogens is 466 g/mol. The Bertz CT molecular complexity index is 1250. The highest BCUT2D eigenvalue weighted by Gasteiger charge is 2.12. The molecule has 0 aliphatic heterocycles. The summed E-state index contributed by atoms with van der Waals surface area (Å²) in [7, 11) is 0. The molecule has 0 bridgehead atoms. The largest absolute Gasteiger partial charge is 0.450 e. The first-order valence-corrected chi connectivity index (χ1v) is 12.3.